The third-order valence-electron chi connectivity index (χ3n) is 3.99. The standard InChI is InChI=1S/C13H20N2O2/c14-10-13(6-7-13)12(17)15(8-9-16)11-4-2-1-3-5-11/h11,16H,1-9H2. The normalized spacial score (nSPS) is 22.8. The minimum absolute atomic E-state index is 0.0102. The number of carbonyl (C=O) groups is 1. The van der Waals surface area contributed by atoms with Crippen molar-refractivity contribution in [3.63, 3.8) is 0 Å². The van der Waals surface area contributed by atoms with Crippen molar-refractivity contribution in [1.82, 2.24) is 4.90 Å². The largest absolute Gasteiger partial charge is 0.395 e. The molecule has 0 spiro atoms. The van der Waals surface area contributed by atoms with Crippen LogP contribution < -0.4 is 0 Å². The van der Waals surface area contributed by atoms with Crippen LogP contribution in [0.15, 0.2) is 0 Å². The van der Waals surface area contributed by atoms with E-state index < -0.39 is 5.41 Å². The third kappa shape index (κ3) is 2.44. The summed E-state index contributed by atoms with van der Waals surface area (Å²) >= 11 is 0. The summed E-state index contributed by atoms with van der Waals surface area (Å²) in [4.78, 5) is 14.1. The van der Waals surface area contributed by atoms with Gasteiger partial charge >= 0.3 is 0 Å². The molecule has 0 unspecified atom stereocenters. The first-order chi connectivity index (χ1) is 8.23. The van der Waals surface area contributed by atoms with E-state index in [1.54, 1.807) is 4.90 Å². The molecule has 0 aromatic carbocycles. The molecule has 4 heteroatoms. The highest BCUT2D eigenvalue weighted by Gasteiger charge is 2.53. The number of hydrogen-bond acceptors (Lipinski definition) is 3. The van der Waals surface area contributed by atoms with Gasteiger partial charge in [0.15, 0.2) is 0 Å². The number of carbonyl (C=O) groups excluding carboxylic acids is 1. The van der Waals surface area contributed by atoms with E-state index in [0.717, 1.165) is 25.7 Å². The summed E-state index contributed by atoms with van der Waals surface area (Å²) in [6.07, 6.45) is 6.97. The van der Waals surface area contributed by atoms with Crippen molar-refractivity contribution in [3.05, 3.63) is 0 Å². The molecule has 0 bridgehead atoms. The van der Waals surface area contributed by atoms with Gasteiger partial charge in [-0.05, 0) is 25.7 Å². The van der Waals surface area contributed by atoms with Crippen LogP contribution in [-0.2, 0) is 4.79 Å². The van der Waals surface area contributed by atoms with Crippen LogP contribution in [0.4, 0.5) is 0 Å². The maximum atomic E-state index is 12.3. The van der Waals surface area contributed by atoms with Crippen LogP contribution in [0, 0.1) is 16.7 Å². The summed E-state index contributed by atoms with van der Waals surface area (Å²) in [5.41, 5.74) is -0.743. The molecule has 2 saturated carbocycles. The lowest BCUT2D eigenvalue weighted by molar-refractivity contribution is -0.138. The van der Waals surface area contributed by atoms with Crippen LogP contribution in [0.1, 0.15) is 44.9 Å². The van der Waals surface area contributed by atoms with E-state index in [-0.39, 0.29) is 18.6 Å². The Hall–Kier alpha value is -1.08. The van der Waals surface area contributed by atoms with E-state index in [4.69, 9.17) is 10.4 Å². The molecule has 1 N–H and O–H groups in total. The maximum absolute atomic E-state index is 12.3. The number of amides is 1. The zero-order chi connectivity index (χ0) is 12.3. The van der Waals surface area contributed by atoms with Crippen LogP contribution >= 0.6 is 0 Å². The molecule has 94 valence electrons. The molecule has 2 aliphatic carbocycles. The molecule has 2 rings (SSSR count). The van der Waals surface area contributed by atoms with Crippen LogP contribution in [0.5, 0.6) is 0 Å². The molecule has 1 amide bonds. The predicted molar refractivity (Wildman–Crippen MR) is 63.0 cm³/mol. The molecule has 4 nitrogen and oxygen atoms in total. The summed E-state index contributed by atoms with van der Waals surface area (Å²) < 4.78 is 0. The van der Waals surface area contributed by atoms with Crippen molar-refractivity contribution in [1.29, 1.82) is 5.26 Å². The van der Waals surface area contributed by atoms with Crippen molar-refractivity contribution in [2.45, 2.75) is 51.0 Å². The van der Waals surface area contributed by atoms with Crippen molar-refractivity contribution in [3.8, 4) is 6.07 Å². The Labute approximate surface area is 102 Å². The van der Waals surface area contributed by atoms with Gasteiger partial charge in [0.25, 0.3) is 0 Å². The average molecular weight is 236 g/mol. The maximum Gasteiger partial charge on any atom is 0.243 e. The number of aliphatic hydroxyl groups is 1. The predicted octanol–water partition coefficient (Wildman–Crippen LogP) is 1.44. The van der Waals surface area contributed by atoms with Crippen LogP contribution in [0.25, 0.3) is 0 Å². The van der Waals surface area contributed by atoms with Crippen molar-refractivity contribution < 1.29 is 9.90 Å². The Bertz CT molecular complexity index is 325. The number of aliphatic hydroxyl groups excluding tert-OH is 1. The van der Waals surface area contributed by atoms with Gasteiger partial charge < -0.3 is 10.0 Å². The highest BCUT2D eigenvalue weighted by Crippen LogP contribution is 2.47. The first-order valence-corrected chi connectivity index (χ1v) is 6.57. The van der Waals surface area contributed by atoms with Gasteiger partial charge in [0, 0.05) is 12.6 Å². The highest BCUT2D eigenvalue weighted by atomic mass is 16.3. The molecular weight excluding hydrogens is 216 g/mol. The molecule has 0 aromatic rings. The minimum Gasteiger partial charge on any atom is -0.395 e. The molecule has 0 radical (unpaired) electrons. The van der Waals surface area contributed by atoms with Crippen molar-refractivity contribution in [2.24, 2.45) is 5.41 Å². The quantitative estimate of drug-likeness (QED) is 0.803. The van der Waals surface area contributed by atoms with Crippen LogP contribution in [0.3, 0.4) is 0 Å². The molecular formula is C13H20N2O2. The van der Waals surface area contributed by atoms with Gasteiger partial charge in [-0.15, -0.1) is 0 Å². The van der Waals surface area contributed by atoms with E-state index >= 15 is 0 Å². The topological polar surface area (TPSA) is 64.3 Å². The lowest BCUT2D eigenvalue weighted by atomic mass is 9.93. The van der Waals surface area contributed by atoms with Crippen LogP contribution in [0.2, 0.25) is 0 Å². The second-order valence-corrected chi connectivity index (χ2v) is 5.21. The molecule has 0 heterocycles. The summed E-state index contributed by atoms with van der Waals surface area (Å²) in [6, 6.07) is 2.40. The van der Waals surface area contributed by atoms with E-state index in [1.165, 1.54) is 6.42 Å². The number of nitrogens with zero attached hydrogens (tertiary/aromatic N) is 2. The summed E-state index contributed by atoms with van der Waals surface area (Å²) in [7, 11) is 0. The zero-order valence-electron chi connectivity index (χ0n) is 10.2. The van der Waals surface area contributed by atoms with Crippen LogP contribution in [-0.4, -0.2) is 35.1 Å². The van der Waals surface area contributed by atoms with Crippen molar-refractivity contribution in [2.75, 3.05) is 13.2 Å². The zero-order valence-corrected chi connectivity index (χ0v) is 10.2. The summed E-state index contributed by atoms with van der Waals surface area (Å²) in [6.45, 7) is 0.372. The molecule has 0 aromatic heterocycles. The van der Waals surface area contributed by atoms with Gasteiger partial charge in [0.1, 0.15) is 5.41 Å². The van der Waals surface area contributed by atoms with E-state index in [2.05, 4.69) is 6.07 Å². The van der Waals surface area contributed by atoms with Crippen molar-refractivity contribution >= 4 is 5.91 Å². The second kappa shape index (κ2) is 5.05. The van der Waals surface area contributed by atoms with Gasteiger partial charge in [0.05, 0.1) is 12.7 Å². The number of rotatable bonds is 4. The first kappa shape index (κ1) is 12.4. The lowest BCUT2D eigenvalue weighted by Gasteiger charge is -2.35. The minimum atomic E-state index is -0.743. The average Bonchev–Trinajstić information content (AvgIpc) is 3.17. The Balaban J connectivity index is 2.06. The fourth-order valence-electron chi connectivity index (χ4n) is 2.72. The van der Waals surface area contributed by atoms with E-state index in [1.807, 2.05) is 0 Å². The summed E-state index contributed by atoms with van der Waals surface area (Å²) in [5.74, 6) is -0.0408. The Morgan fingerprint density at radius 3 is 2.47 bits per heavy atom. The smallest absolute Gasteiger partial charge is 0.243 e. The van der Waals surface area contributed by atoms with Gasteiger partial charge in [0.2, 0.25) is 5.91 Å². The molecule has 17 heavy (non-hydrogen) atoms. The first-order valence-electron chi connectivity index (χ1n) is 6.57. The third-order valence-corrected chi connectivity index (χ3v) is 3.99. The Morgan fingerprint density at radius 1 is 1.35 bits per heavy atom. The molecule has 0 atom stereocenters. The fraction of sp³-hybridized carbons (Fsp3) is 0.846. The highest BCUT2D eigenvalue weighted by molar-refractivity contribution is 5.88. The Kier molecular flexibility index (Phi) is 3.68. The SMILES string of the molecule is N#CC1(C(=O)N(CCO)C2CCCCC2)CC1. The molecule has 0 aliphatic heterocycles. The second-order valence-electron chi connectivity index (χ2n) is 5.21. The van der Waals surface area contributed by atoms with Gasteiger partial charge in [-0.3, -0.25) is 4.79 Å². The van der Waals surface area contributed by atoms with Gasteiger partial charge in [-0.25, -0.2) is 0 Å². The Morgan fingerprint density at radius 2 is 2.00 bits per heavy atom. The van der Waals surface area contributed by atoms with E-state index in [9.17, 15) is 4.79 Å². The van der Waals surface area contributed by atoms with Gasteiger partial charge in [-0.2, -0.15) is 5.26 Å². The van der Waals surface area contributed by atoms with E-state index in [0.29, 0.717) is 19.4 Å². The monoisotopic (exact) mass is 236 g/mol. The molecule has 2 aliphatic rings. The number of hydrogen-bond donors (Lipinski definition) is 1. The molecule has 0 saturated heterocycles. The number of nitriles is 1. The lowest BCUT2D eigenvalue weighted by Crippen LogP contribution is -2.46. The fourth-order valence-corrected chi connectivity index (χ4v) is 2.72. The van der Waals surface area contributed by atoms with Gasteiger partial charge in [-0.1, -0.05) is 19.3 Å². The summed E-state index contributed by atoms with van der Waals surface area (Å²) in [5, 5.41) is 18.2. The molecule has 2 fully saturated rings.